The molecule has 22 nitrogen and oxygen atoms in total. The summed E-state index contributed by atoms with van der Waals surface area (Å²) in [7, 11) is 0. The number of amides is 4. The van der Waals surface area contributed by atoms with Crippen molar-refractivity contribution < 1.29 is 115 Å². The second-order valence-corrected chi connectivity index (χ2v) is 20.0. The maximum atomic E-state index is 12.4. The smallest absolute Gasteiger partial charge is 0.326 e. The summed E-state index contributed by atoms with van der Waals surface area (Å²) in [6, 6.07) is -1.41. The van der Waals surface area contributed by atoms with Gasteiger partial charge in [-0.2, -0.15) is 11.8 Å². The van der Waals surface area contributed by atoms with Crippen molar-refractivity contribution in [3.63, 3.8) is 0 Å². The number of hydrogen-bond acceptors (Lipinski definition) is 17. The van der Waals surface area contributed by atoms with E-state index in [0.29, 0.717) is 31.5 Å². The zero-order valence-corrected chi connectivity index (χ0v) is 50.5. The summed E-state index contributed by atoms with van der Waals surface area (Å²) in [6.07, 6.45) is 19.6. The molecule has 78 heavy (non-hydrogen) atoms. The van der Waals surface area contributed by atoms with Crippen molar-refractivity contribution in [1.29, 1.82) is 0 Å². The van der Waals surface area contributed by atoms with Gasteiger partial charge in [0, 0.05) is 97.0 Å². The van der Waals surface area contributed by atoms with E-state index >= 15 is 0 Å². The molecule has 0 aliphatic rings. The van der Waals surface area contributed by atoms with Gasteiger partial charge < -0.3 is 77.8 Å². The maximum absolute atomic E-state index is 12.4. The summed E-state index contributed by atoms with van der Waals surface area (Å²) in [5.74, 6) is -4.76. The van der Waals surface area contributed by atoms with Crippen molar-refractivity contribution in [2.45, 2.75) is 174 Å². The number of carbonyl (C=O) groups is 10. The van der Waals surface area contributed by atoms with E-state index in [4.69, 9.17) is 29.8 Å². The molecule has 1 radical (unpaired) electrons. The van der Waals surface area contributed by atoms with Gasteiger partial charge in [-0.3, -0.25) is 33.6 Å². The van der Waals surface area contributed by atoms with Crippen molar-refractivity contribution in [2.75, 3.05) is 90.6 Å². The van der Waals surface area contributed by atoms with Crippen LogP contribution in [0.3, 0.4) is 0 Å². The van der Waals surface area contributed by atoms with Gasteiger partial charge >= 0.3 is 11.9 Å². The number of carboxylic acids is 2. The normalized spacial score (nSPS) is 12.3. The van der Waals surface area contributed by atoms with Crippen molar-refractivity contribution in [3.05, 3.63) is 6.92 Å². The number of aliphatic hydroxyl groups is 1. The van der Waals surface area contributed by atoms with Crippen molar-refractivity contribution >= 4 is 71.0 Å². The Hall–Kier alpha value is -3.29. The van der Waals surface area contributed by atoms with E-state index < -0.39 is 36.4 Å². The molecule has 4 atom stereocenters. The molecule has 0 aliphatic heterocycles. The molecule has 9 N–H and O–H groups in total. The Morgan fingerprint density at radius 3 is 1.50 bits per heavy atom. The van der Waals surface area contributed by atoms with Crippen LogP contribution in [0, 0.1) is 18.8 Å². The molecule has 0 aromatic heterocycles. The molecule has 0 spiro atoms. The van der Waals surface area contributed by atoms with Crippen LogP contribution in [-0.2, 0) is 99.6 Å². The molecule has 0 heterocycles. The Balaban J connectivity index is -0.00000892. The molecule has 0 aromatic carbocycles. The van der Waals surface area contributed by atoms with Gasteiger partial charge in [-0.1, -0.05) is 89.9 Å². The molecule has 0 aliphatic carbocycles. The van der Waals surface area contributed by atoms with Crippen LogP contribution in [0.2, 0.25) is 0 Å². The van der Waals surface area contributed by atoms with Crippen LogP contribution >= 0.6 is 11.8 Å². The molecular formula is C54H96N5O17SY-. The number of rotatable bonds is 54. The second-order valence-electron chi connectivity index (χ2n) is 18.9. The number of nitrogens with one attached hydrogen (secondary N) is 4. The summed E-state index contributed by atoms with van der Waals surface area (Å²) in [5.41, 5.74) is 4.92. The standard InChI is InChI=1S/C51H89N4O16S.C3H7NO.Y/c1-40(45(59)34-42(35-56)41(2)57)38-72-39-49(63)53-26-25-52-47(61)36-71-33-31-69-29-27-54-48(62)37-70-32-30-68-28-19-20-43(58)23-24-44(51(66)67)55-46(60)21-17-15-13-11-9-7-5-3-4-6-8-10-12-14-16-18-22-50(64)65;1-3(4)2-5;/h40,42,44,56H,1,3-39H2,2H3,(H,52,61)(H,53,63)(H,54,62)(H,55,60)(H,64,65)(H,66,67);2-3H,4H2,1H3;/q-1;;/t40-,42-,44-;3-;/m00./s1. The number of aldehydes is 1. The van der Waals surface area contributed by atoms with E-state index in [1.807, 2.05) is 0 Å². The molecule has 0 fully saturated rings. The van der Waals surface area contributed by atoms with Gasteiger partial charge in [0.05, 0.1) is 51.4 Å². The van der Waals surface area contributed by atoms with Crippen molar-refractivity contribution in [1.82, 2.24) is 21.3 Å². The van der Waals surface area contributed by atoms with Crippen LogP contribution < -0.4 is 27.0 Å². The minimum atomic E-state index is -1.16. The number of thioether (sulfide) groups is 1. The number of ketones is 3. The minimum Gasteiger partial charge on any atom is -0.481 e. The Labute approximate surface area is 493 Å². The number of carboxylic acid groups (broad SMARTS) is 2. The predicted octanol–water partition coefficient (Wildman–Crippen LogP) is 4.08. The van der Waals surface area contributed by atoms with Crippen molar-refractivity contribution in [2.24, 2.45) is 17.6 Å². The first-order valence-electron chi connectivity index (χ1n) is 27.6. The van der Waals surface area contributed by atoms with Gasteiger partial charge in [0.25, 0.3) is 0 Å². The van der Waals surface area contributed by atoms with Crippen LogP contribution in [0.5, 0.6) is 0 Å². The summed E-state index contributed by atoms with van der Waals surface area (Å²) in [6.45, 7) is 7.83. The Morgan fingerprint density at radius 2 is 1.04 bits per heavy atom. The van der Waals surface area contributed by atoms with Gasteiger partial charge in [0.15, 0.2) is 0 Å². The fraction of sp³-hybridized carbons (Fsp3) is 0.796. The molecule has 0 saturated heterocycles. The van der Waals surface area contributed by atoms with Crippen LogP contribution in [-0.4, -0.2) is 177 Å². The minimum absolute atomic E-state index is 0. The van der Waals surface area contributed by atoms with Crippen LogP contribution in [0.1, 0.15) is 162 Å². The van der Waals surface area contributed by atoms with Gasteiger partial charge in [-0.15, -0.1) is 5.92 Å². The summed E-state index contributed by atoms with van der Waals surface area (Å²) < 4.78 is 21.4. The molecule has 0 bridgehead atoms. The second kappa shape index (κ2) is 57.0. The van der Waals surface area contributed by atoms with E-state index in [2.05, 4.69) is 28.2 Å². The van der Waals surface area contributed by atoms with E-state index in [1.165, 1.54) is 76.5 Å². The summed E-state index contributed by atoms with van der Waals surface area (Å²) in [5, 5.41) is 37.9. The van der Waals surface area contributed by atoms with Crippen LogP contribution in [0.15, 0.2) is 0 Å². The molecule has 0 rings (SSSR count). The van der Waals surface area contributed by atoms with E-state index in [1.54, 1.807) is 6.92 Å². The fourth-order valence-corrected chi connectivity index (χ4v) is 7.96. The number of aliphatic carboxylic acids is 2. The molecule has 0 aromatic rings. The zero-order chi connectivity index (χ0) is 57.7. The first-order chi connectivity index (χ1) is 36.9. The van der Waals surface area contributed by atoms with Crippen LogP contribution in [0.25, 0.3) is 0 Å². The third-order valence-electron chi connectivity index (χ3n) is 11.6. The molecular weight excluding hydrogens is 1110 g/mol. The first-order valence-corrected chi connectivity index (χ1v) is 28.7. The zero-order valence-electron chi connectivity index (χ0n) is 46.9. The molecule has 24 heteroatoms. The Bertz CT molecular complexity index is 1630. The van der Waals surface area contributed by atoms with Gasteiger partial charge in [0.2, 0.25) is 23.6 Å². The summed E-state index contributed by atoms with van der Waals surface area (Å²) in [4.78, 5) is 116. The average molecular weight is 1210 g/mol. The maximum Gasteiger partial charge on any atom is 0.326 e. The SMILES string of the molecule is C[C@H](N)C=O.[CH2-][C@@H](CSCC(=O)NCCNC(=O)COCCOCCNC(=O)COCCOCCCC(=O)CC[C@H](NC(=O)CCCCCCCCCCCCCCCCCCC(=O)O)C(=O)O)C(=O)C[C@@H](CO)C(C)=O.[Y]. The van der Waals surface area contributed by atoms with Gasteiger partial charge in [-0.05, 0) is 45.3 Å². The largest absolute Gasteiger partial charge is 0.481 e. The number of carbonyl (C=O) groups excluding carboxylic acids is 8. The number of unbranched alkanes of at least 4 members (excludes halogenated alkanes) is 15. The number of aliphatic hydroxyl groups excluding tert-OH is 1. The van der Waals surface area contributed by atoms with Crippen LogP contribution in [0.4, 0.5) is 0 Å². The fourth-order valence-electron chi connectivity index (χ4n) is 7.08. The topological polar surface area (TPSA) is 342 Å². The van der Waals surface area contributed by atoms with Crippen molar-refractivity contribution in [3.8, 4) is 0 Å². The van der Waals surface area contributed by atoms with E-state index in [9.17, 15) is 58.2 Å². The number of ether oxygens (including phenoxy) is 4. The monoisotopic (exact) mass is 1210 g/mol. The van der Waals surface area contributed by atoms with Gasteiger partial charge in [0.1, 0.15) is 42.9 Å². The molecule has 4 amide bonds. The van der Waals surface area contributed by atoms with Gasteiger partial charge in [-0.25, -0.2) is 4.79 Å². The molecule has 0 saturated carbocycles. The Kier molecular flexibility index (Phi) is 57.7. The Morgan fingerprint density at radius 1 is 0.590 bits per heavy atom. The number of hydrogen-bond donors (Lipinski definition) is 8. The summed E-state index contributed by atoms with van der Waals surface area (Å²) >= 11 is 1.22. The quantitative estimate of drug-likeness (QED) is 0.0242. The first kappa shape index (κ1) is 78.9. The predicted molar refractivity (Wildman–Crippen MR) is 293 cm³/mol. The third kappa shape index (κ3) is 56.0. The third-order valence-corrected chi connectivity index (χ3v) is 12.8. The average Bonchev–Trinajstić information content (AvgIpc) is 3.38. The van der Waals surface area contributed by atoms with E-state index in [0.717, 1.165) is 38.5 Å². The molecule has 0 unspecified atom stereocenters. The number of nitrogens with two attached hydrogens (primary N) is 1. The van der Waals surface area contributed by atoms with E-state index in [-0.39, 0.29) is 190 Å². The number of Topliss-reactive ketones (excluding diaryl/α,β-unsaturated/α-hetero) is 3. The molecule has 449 valence electrons.